The number of nitrogens with zero attached hydrogens (tertiary/aromatic N) is 2. The summed E-state index contributed by atoms with van der Waals surface area (Å²) in [5, 5.41) is 1.25. The fraction of sp³-hybridized carbons (Fsp3) is 0.348. The second kappa shape index (κ2) is 10.5. The average molecular weight is 429 g/mol. The lowest BCUT2D eigenvalue weighted by atomic mass is 10.2. The van der Waals surface area contributed by atoms with Gasteiger partial charge in [0.25, 0.3) is 5.91 Å². The lowest BCUT2D eigenvalue weighted by Crippen LogP contribution is -3.11. The first kappa shape index (κ1) is 22.2. The Labute approximate surface area is 179 Å². The Bertz CT molecular complexity index is 938. The minimum Gasteiger partial charge on any atom is -0.335 e. The van der Waals surface area contributed by atoms with Gasteiger partial charge in [-0.2, -0.15) is 4.31 Å². The highest BCUT2D eigenvalue weighted by molar-refractivity contribution is 7.92. The molecule has 1 atom stereocenters. The van der Waals surface area contributed by atoms with Crippen molar-refractivity contribution in [2.45, 2.75) is 13.5 Å². The molecular formula is C23H30N3O3S+. The van der Waals surface area contributed by atoms with Gasteiger partial charge in [-0.1, -0.05) is 60.7 Å². The van der Waals surface area contributed by atoms with Crippen LogP contribution >= 0.6 is 0 Å². The van der Waals surface area contributed by atoms with Crippen molar-refractivity contribution in [3.63, 3.8) is 0 Å². The molecule has 2 aromatic carbocycles. The molecule has 7 heteroatoms. The molecule has 0 aliphatic carbocycles. The molecule has 3 rings (SSSR count). The molecule has 1 fully saturated rings. The van der Waals surface area contributed by atoms with Gasteiger partial charge in [0.1, 0.15) is 6.54 Å². The quantitative estimate of drug-likeness (QED) is 0.688. The number of hydrogen-bond acceptors (Lipinski definition) is 3. The van der Waals surface area contributed by atoms with Crippen LogP contribution in [0.1, 0.15) is 18.1 Å². The summed E-state index contributed by atoms with van der Waals surface area (Å²) < 4.78 is 26.6. The third-order valence-corrected chi connectivity index (χ3v) is 6.95. The number of carbonyl (C=O) groups is 1. The van der Waals surface area contributed by atoms with Crippen molar-refractivity contribution in [2.24, 2.45) is 0 Å². The maximum Gasteiger partial charge on any atom is 0.277 e. The number of piperazine rings is 1. The third-order valence-electron chi connectivity index (χ3n) is 5.38. The molecule has 1 heterocycles. The zero-order valence-electron chi connectivity index (χ0n) is 17.4. The first-order valence-corrected chi connectivity index (χ1v) is 11.9. The van der Waals surface area contributed by atoms with Crippen LogP contribution in [-0.2, 0) is 21.4 Å². The van der Waals surface area contributed by atoms with Gasteiger partial charge >= 0.3 is 0 Å². The molecule has 1 amide bonds. The SMILES string of the molecule is CC[NH+](CC(=O)N1CCN(S(=O)(=O)/C=C/c2ccccc2)CC1)Cc1ccccc1. The Hall–Kier alpha value is -2.48. The van der Waals surface area contributed by atoms with Crippen LogP contribution in [0.4, 0.5) is 0 Å². The predicted molar refractivity (Wildman–Crippen MR) is 119 cm³/mol. The van der Waals surface area contributed by atoms with Crippen LogP contribution in [0.25, 0.3) is 6.08 Å². The average Bonchev–Trinajstić information content (AvgIpc) is 2.79. The highest BCUT2D eigenvalue weighted by atomic mass is 32.2. The molecule has 0 aromatic heterocycles. The maximum absolute atomic E-state index is 12.7. The highest BCUT2D eigenvalue weighted by Crippen LogP contribution is 2.11. The molecule has 0 bridgehead atoms. The van der Waals surface area contributed by atoms with Gasteiger partial charge in [0.2, 0.25) is 10.0 Å². The smallest absolute Gasteiger partial charge is 0.277 e. The standard InChI is InChI=1S/C23H29N3O3S/c1-2-24(19-22-11-7-4-8-12-22)20-23(27)25-14-16-26(17-15-25)30(28,29)18-13-21-9-5-3-6-10-21/h3-13,18H,2,14-17,19-20H2,1H3/p+1/b18-13+. The van der Waals surface area contributed by atoms with E-state index in [-0.39, 0.29) is 5.91 Å². The van der Waals surface area contributed by atoms with Crippen LogP contribution in [0, 0.1) is 0 Å². The van der Waals surface area contributed by atoms with Crippen LogP contribution in [0.15, 0.2) is 66.1 Å². The van der Waals surface area contributed by atoms with E-state index in [9.17, 15) is 13.2 Å². The van der Waals surface area contributed by atoms with Gasteiger partial charge < -0.3 is 9.80 Å². The molecule has 1 aliphatic rings. The summed E-state index contributed by atoms with van der Waals surface area (Å²) in [5.41, 5.74) is 2.05. The third kappa shape index (κ3) is 6.26. The Balaban J connectivity index is 1.51. The number of benzene rings is 2. The van der Waals surface area contributed by atoms with Crippen molar-refractivity contribution < 1.29 is 18.1 Å². The van der Waals surface area contributed by atoms with E-state index in [4.69, 9.17) is 0 Å². The number of nitrogens with one attached hydrogen (secondary N) is 1. The normalized spacial score (nSPS) is 16.6. The number of hydrogen-bond donors (Lipinski definition) is 1. The molecule has 2 aromatic rings. The van der Waals surface area contributed by atoms with Crippen LogP contribution in [0.3, 0.4) is 0 Å². The molecule has 1 unspecified atom stereocenters. The summed E-state index contributed by atoms with van der Waals surface area (Å²) in [6.07, 6.45) is 1.61. The minimum atomic E-state index is -3.49. The van der Waals surface area contributed by atoms with Crippen molar-refractivity contribution in [3.05, 3.63) is 77.2 Å². The summed E-state index contributed by atoms with van der Waals surface area (Å²) >= 11 is 0. The van der Waals surface area contributed by atoms with Crippen LogP contribution in [-0.4, -0.2) is 62.8 Å². The van der Waals surface area contributed by atoms with Gasteiger partial charge in [-0.3, -0.25) is 4.79 Å². The summed E-state index contributed by atoms with van der Waals surface area (Å²) in [5.74, 6) is 0.0830. The van der Waals surface area contributed by atoms with E-state index in [0.717, 1.165) is 18.7 Å². The second-order valence-corrected chi connectivity index (χ2v) is 9.30. The van der Waals surface area contributed by atoms with Crippen molar-refractivity contribution in [1.29, 1.82) is 0 Å². The molecule has 30 heavy (non-hydrogen) atoms. The van der Waals surface area contributed by atoms with E-state index >= 15 is 0 Å². The first-order valence-electron chi connectivity index (χ1n) is 10.4. The van der Waals surface area contributed by atoms with Crippen LogP contribution in [0.5, 0.6) is 0 Å². The highest BCUT2D eigenvalue weighted by Gasteiger charge is 2.28. The first-order chi connectivity index (χ1) is 14.5. The molecule has 1 N–H and O–H groups in total. The van der Waals surface area contributed by atoms with E-state index in [0.29, 0.717) is 32.7 Å². The van der Waals surface area contributed by atoms with Crippen molar-refractivity contribution in [3.8, 4) is 0 Å². The van der Waals surface area contributed by atoms with Gasteiger partial charge in [0.05, 0.1) is 6.54 Å². The van der Waals surface area contributed by atoms with E-state index in [1.54, 1.807) is 11.0 Å². The minimum absolute atomic E-state index is 0.0830. The summed E-state index contributed by atoms with van der Waals surface area (Å²) in [6.45, 7) is 5.68. The fourth-order valence-electron chi connectivity index (χ4n) is 3.53. The number of carbonyl (C=O) groups excluding carboxylic acids is 1. The number of quaternary nitrogens is 1. The number of rotatable bonds is 8. The van der Waals surface area contributed by atoms with E-state index in [2.05, 4.69) is 19.1 Å². The Kier molecular flexibility index (Phi) is 7.79. The molecule has 1 saturated heterocycles. The number of amides is 1. The van der Waals surface area contributed by atoms with Crippen LogP contribution < -0.4 is 4.90 Å². The molecule has 1 aliphatic heterocycles. The number of likely N-dealkylation sites (N-methyl/N-ethyl adjacent to an activating group) is 1. The lowest BCUT2D eigenvalue weighted by Gasteiger charge is -2.33. The predicted octanol–water partition coefficient (Wildman–Crippen LogP) is 1.24. The van der Waals surface area contributed by atoms with Crippen molar-refractivity contribution >= 4 is 22.0 Å². The zero-order valence-corrected chi connectivity index (χ0v) is 18.2. The molecule has 0 saturated carbocycles. The Morgan fingerprint density at radius 1 is 0.967 bits per heavy atom. The molecule has 160 valence electrons. The Morgan fingerprint density at radius 2 is 1.57 bits per heavy atom. The summed E-state index contributed by atoms with van der Waals surface area (Å²) in [7, 11) is -3.49. The molecule has 0 spiro atoms. The second-order valence-electron chi connectivity index (χ2n) is 7.48. The molecular weight excluding hydrogens is 398 g/mol. The van der Waals surface area contributed by atoms with Gasteiger partial charge in [0, 0.05) is 37.2 Å². The molecule has 6 nitrogen and oxygen atoms in total. The summed E-state index contributed by atoms with van der Waals surface area (Å²) in [4.78, 5) is 15.7. The van der Waals surface area contributed by atoms with E-state index < -0.39 is 10.0 Å². The van der Waals surface area contributed by atoms with Gasteiger partial charge in [0.15, 0.2) is 6.54 Å². The molecule has 0 radical (unpaired) electrons. The topological polar surface area (TPSA) is 62.1 Å². The van der Waals surface area contributed by atoms with Gasteiger partial charge in [-0.15, -0.1) is 0 Å². The van der Waals surface area contributed by atoms with Crippen LogP contribution in [0.2, 0.25) is 0 Å². The Morgan fingerprint density at radius 3 is 2.17 bits per heavy atom. The van der Waals surface area contributed by atoms with Crippen molar-refractivity contribution in [2.75, 3.05) is 39.3 Å². The fourth-order valence-corrected chi connectivity index (χ4v) is 4.70. The van der Waals surface area contributed by atoms with Crippen molar-refractivity contribution in [1.82, 2.24) is 9.21 Å². The summed E-state index contributed by atoms with van der Waals surface area (Å²) in [6, 6.07) is 19.5. The monoisotopic (exact) mass is 428 g/mol. The largest absolute Gasteiger partial charge is 0.335 e. The van der Waals surface area contributed by atoms with Gasteiger partial charge in [-0.25, -0.2) is 8.42 Å². The van der Waals surface area contributed by atoms with E-state index in [1.165, 1.54) is 20.2 Å². The number of sulfonamides is 1. The lowest BCUT2D eigenvalue weighted by molar-refractivity contribution is -0.904. The zero-order chi connectivity index (χ0) is 21.4. The van der Waals surface area contributed by atoms with Gasteiger partial charge in [-0.05, 0) is 18.6 Å². The maximum atomic E-state index is 12.7. The van der Waals surface area contributed by atoms with E-state index in [1.807, 2.05) is 48.5 Å².